The Balaban J connectivity index is 3.00. The summed E-state index contributed by atoms with van der Waals surface area (Å²) < 4.78 is 0. The predicted molar refractivity (Wildman–Crippen MR) is 50.0 cm³/mol. The largest absolute Gasteiger partial charge is 0.394 e. The van der Waals surface area contributed by atoms with Crippen LogP contribution in [0.2, 0.25) is 0 Å². The van der Waals surface area contributed by atoms with Gasteiger partial charge >= 0.3 is 0 Å². The minimum absolute atomic E-state index is 0.156. The minimum Gasteiger partial charge on any atom is -0.394 e. The minimum atomic E-state index is -0.607. The van der Waals surface area contributed by atoms with Gasteiger partial charge in [0.15, 0.2) is 0 Å². The van der Waals surface area contributed by atoms with Crippen LogP contribution in [-0.4, -0.2) is 36.0 Å². The van der Waals surface area contributed by atoms with Gasteiger partial charge in [0.05, 0.1) is 12.7 Å². The molecule has 0 aromatic heterocycles. The van der Waals surface area contributed by atoms with Crippen molar-refractivity contribution in [2.45, 2.75) is 32.8 Å². The highest BCUT2D eigenvalue weighted by molar-refractivity contribution is 4.57. The van der Waals surface area contributed by atoms with Crippen LogP contribution in [0.1, 0.15) is 26.7 Å². The van der Waals surface area contributed by atoms with Crippen LogP contribution in [0.3, 0.4) is 0 Å². The van der Waals surface area contributed by atoms with Crippen molar-refractivity contribution in [1.29, 1.82) is 0 Å². The maximum absolute atomic E-state index is 8.95. The van der Waals surface area contributed by atoms with Gasteiger partial charge in [-0.25, -0.2) is 0 Å². The molecule has 0 aliphatic heterocycles. The monoisotopic (exact) mass is 175 g/mol. The Kier molecular flexibility index (Phi) is 7.45. The van der Waals surface area contributed by atoms with Crippen LogP contribution in [0.4, 0.5) is 0 Å². The number of hydrogen-bond acceptors (Lipinski definition) is 3. The second kappa shape index (κ2) is 7.53. The van der Waals surface area contributed by atoms with Gasteiger partial charge in [-0.2, -0.15) is 0 Å². The molecule has 0 spiro atoms. The van der Waals surface area contributed by atoms with E-state index in [-0.39, 0.29) is 6.61 Å². The lowest BCUT2D eigenvalue weighted by atomic mass is 10.1. The smallest absolute Gasteiger partial charge is 0.0894 e. The Bertz CT molecular complexity index is 96.5. The second-order valence-corrected chi connectivity index (χ2v) is 3.58. The zero-order valence-corrected chi connectivity index (χ0v) is 8.08. The molecule has 0 saturated carbocycles. The van der Waals surface area contributed by atoms with E-state index in [0.717, 1.165) is 18.9 Å². The third kappa shape index (κ3) is 7.98. The summed E-state index contributed by atoms with van der Waals surface area (Å²) in [5.74, 6) is 0.745. The Morgan fingerprint density at radius 3 is 2.50 bits per heavy atom. The van der Waals surface area contributed by atoms with Gasteiger partial charge in [-0.3, -0.25) is 0 Å². The highest BCUT2D eigenvalue weighted by atomic mass is 16.3. The van der Waals surface area contributed by atoms with Gasteiger partial charge in [-0.15, -0.1) is 0 Å². The summed E-state index contributed by atoms with van der Waals surface area (Å²) in [6, 6.07) is 0. The Labute approximate surface area is 74.8 Å². The first-order valence-corrected chi connectivity index (χ1v) is 4.66. The van der Waals surface area contributed by atoms with Crippen LogP contribution < -0.4 is 5.32 Å². The van der Waals surface area contributed by atoms with Gasteiger partial charge in [-0.1, -0.05) is 13.8 Å². The van der Waals surface area contributed by atoms with Crippen LogP contribution >= 0.6 is 0 Å². The molecule has 0 aliphatic carbocycles. The van der Waals surface area contributed by atoms with E-state index in [1.54, 1.807) is 0 Å². The number of rotatable bonds is 7. The Hall–Kier alpha value is -0.120. The fourth-order valence-corrected chi connectivity index (χ4v) is 0.969. The lowest BCUT2D eigenvalue weighted by Gasteiger charge is -2.09. The van der Waals surface area contributed by atoms with E-state index in [2.05, 4.69) is 19.2 Å². The normalized spacial score (nSPS) is 13.8. The van der Waals surface area contributed by atoms with E-state index < -0.39 is 6.10 Å². The highest BCUT2D eigenvalue weighted by Crippen LogP contribution is 2.01. The quantitative estimate of drug-likeness (QED) is 0.490. The third-order valence-electron chi connectivity index (χ3n) is 1.73. The number of hydrogen-bond donors (Lipinski definition) is 3. The molecule has 0 radical (unpaired) electrons. The molecule has 0 fully saturated rings. The van der Waals surface area contributed by atoms with E-state index in [4.69, 9.17) is 10.2 Å². The van der Waals surface area contributed by atoms with Crippen molar-refractivity contribution in [3.8, 4) is 0 Å². The standard InChI is InChI=1S/C9H21NO2/c1-8(2)4-3-5-10-6-9(12)7-11/h8-12H,3-7H2,1-2H3. The predicted octanol–water partition coefficient (Wildman–Crippen LogP) is 0.365. The van der Waals surface area contributed by atoms with Crippen molar-refractivity contribution < 1.29 is 10.2 Å². The average molecular weight is 175 g/mol. The molecule has 0 rings (SSSR count). The van der Waals surface area contributed by atoms with E-state index in [1.807, 2.05) is 0 Å². The molecule has 1 atom stereocenters. The van der Waals surface area contributed by atoms with E-state index in [9.17, 15) is 0 Å². The number of nitrogens with one attached hydrogen (secondary N) is 1. The van der Waals surface area contributed by atoms with Crippen LogP contribution in [0.15, 0.2) is 0 Å². The molecule has 0 aliphatic rings. The molecule has 0 bridgehead atoms. The molecule has 3 heteroatoms. The summed E-state index contributed by atoms with van der Waals surface area (Å²) in [7, 11) is 0. The highest BCUT2D eigenvalue weighted by Gasteiger charge is 1.99. The molecule has 74 valence electrons. The van der Waals surface area contributed by atoms with Crippen LogP contribution in [-0.2, 0) is 0 Å². The number of aliphatic hydroxyl groups excluding tert-OH is 2. The van der Waals surface area contributed by atoms with Crippen LogP contribution in [0, 0.1) is 5.92 Å². The summed E-state index contributed by atoms with van der Waals surface area (Å²) in [4.78, 5) is 0. The molecule has 0 saturated heterocycles. The fourth-order valence-electron chi connectivity index (χ4n) is 0.969. The summed E-state index contributed by atoms with van der Waals surface area (Å²) in [5, 5.41) is 20.5. The molecule has 3 N–H and O–H groups in total. The maximum Gasteiger partial charge on any atom is 0.0894 e. The fraction of sp³-hybridized carbons (Fsp3) is 1.00. The average Bonchev–Trinajstić information content (AvgIpc) is 2.03. The molecule has 12 heavy (non-hydrogen) atoms. The van der Waals surface area contributed by atoms with Gasteiger partial charge in [0, 0.05) is 6.54 Å². The van der Waals surface area contributed by atoms with Gasteiger partial charge in [0.25, 0.3) is 0 Å². The van der Waals surface area contributed by atoms with Crippen LogP contribution in [0.25, 0.3) is 0 Å². The van der Waals surface area contributed by atoms with Crippen molar-refractivity contribution >= 4 is 0 Å². The zero-order valence-electron chi connectivity index (χ0n) is 8.08. The summed E-state index contributed by atoms with van der Waals surface area (Å²) in [5.41, 5.74) is 0. The van der Waals surface area contributed by atoms with Gasteiger partial charge < -0.3 is 15.5 Å². The molecule has 0 aromatic rings. The van der Waals surface area contributed by atoms with Gasteiger partial charge in [-0.05, 0) is 25.3 Å². The van der Waals surface area contributed by atoms with Crippen molar-refractivity contribution in [1.82, 2.24) is 5.32 Å². The molecule has 1 unspecified atom stereocenters. The molecular weight excluding hydrogens is 154 g/mol. The lowest BCUT2D eigenvalue weighted by molar-refractivity contribution is 0.0945. The SMILES string of the molecule is CC(C)CCCNCC(O)CO. The summed E-state index contributed by atoms with van der Waals surface area (Å²) >= 11 is 0. The molecule has 3 nitrogen and oxygen atoms in total. The van der Waals surface area contributed by atoms with Crippen molar-refractivity contribution in [2.24, 2.45) is 5.92 Å². The van der Waals surface area contributed by atoms with Gasteiger partial charge in [0.1, 0.15) is 0 Å². The number of aliphatic hydroxyl groups is 2. The molecule has 0 heterocycles. The van der Waals surface area contributed by atoms with Crippen molar-refractivity contribution in [2.75, 3.05) is 19.7 Å². The van der Waals surface area contributed by atoms with Crippen molar-refractivity contribution in [3.05, 3.63) is 0 Å². The zero-order chi connectivity index (χ0) is 9.40. The summed E-state index contributed by atoms with van der Waals surface area (Å²) in [6.45, 7) is 5.66. The van der Waals surface area contributed by atoms with E-state index in [0.29, 0.717) is 6.54 Å². The topological polar surface area (TPSA) is 52.5 Å². The lowest BCUT2D eigenvalue weighted by Crippen LogP contribution is -2.30. The first kappa shape index (κ1) is 11.9. The summed E-state index contributed by atoms with van der Waals surface area (Å²) in [6.07, 6.45) is 1.74. The van der Waals surface area contributed by atoms with Crippen molar-refractivity contribution in [3.63, 3.8) is 0 Å². The molecule has 0 amide bonds. The Morgan fingerprint density at radius 1 is 1.33 bits per heavy atom. The van der Waals surface area contributed by atoms with E-state index >= 15 is 0 Å². The van der Waals surface area contributed by atoms with Crippen LogP contribution in [0.5, 0.6) is 0 Å². The first-order chi connectivity index (χ1) is 5.66. The third-order valence-corrected chi connectivity index (χ3v) is 1.73. The van der Waals surface area contributed by atoms with Gasteiger partial charge in [0.2, 0.25) is 0 Å². The Morgan fingerprint density at radius 2 is 2.00 bits per heavy atom. The maximum atomic E-state index is 8.95. The molecular formula is C9H21NO2. The molecule has 0 aromatic carbocycles. The second-order valence-electron chi connectivity index (χ2n) is 3.58. The van der Waals surface area contributed by atoms with E-state index in [1.165, 1.54) is 6.42 Å². The first-order valence-electron chi connectivity index (χ1n) is 4.66.